The number of amides is 1. The number of likely N-dealkylation sites (N-methyl/N-ethyl adjacent to an activating group) is 1. The van der Waals surface area contributed by atoms with Crippen molar-refractivity contribution in [3.8, 4) is 0 Å². The Morgan fingerprint density at radius 3 is 2.71 bits per heavy atom. The summed E-state index contributed by atoms with van der Waals surface area (Å²) in [5.74, 6) is 1.09. The molecule has 2 aromatic carbocycles. The molecule has 0 aliphatic heterocycles. The molecule has 162 valence electrons. The zero-order chi connectivity index (χ0) is 21.8. The smallest absolute Gasteiger partial charge is 0.273 e. The highest BCUT2D eigenvalue weighted by Crippen LogP contribution is 2.44. The van der Waals surface area contributed by atoms with Crippen molar-refractivity contribution in [2.24, 2.45) is 16.2 Å². The lowest BCUT2D eigenvalue weighted by Crippen LogP contribution is -2.29. The summed E-state index contributed by atoms with van der Waals surface area (Å²) >= 11 is 0. The van der Waals surface area contributed by atoms with Gasteiger partial charge in [-0.05, 0) is 36.3 Å². The molecule has 31 heavy (non-hydrogen) atoms. The van der Waals surface area contributed by atoms with E-state index >= 15 is 0 Å². The Bertz CT molecular complexity index is 1020. The summed E-state index contributed by atoms with van der Waals surface area (Å²) in [7, 11) is 3.00. The first kappa shape index (κ1) is 21.1. The molecule has 0 saturated heterocycles. The summed E-state index contributed by atoms with van der Waals surface area (Å²) in [6.07, 6.45) is 4.87. The Morgan fingerprint density at radius 1 is 1.16 bits per heavy atom. The van der Waals surface area contributed by atoms with Gasteiger partial charge in [0.15, 0.2) is 5.71 Å². The molecule has 1 saturated carbocycles. The van der Waals surface area contributed by atoms with Crippen molar-refractivity contribution in [1.29, 1.82) is 0 Å². The first-order chi connectivity index (χ1) is 15.1. The maximum absolute atomic E-state index is 12.3. The lowest BCUT2D eigenvalue weighted by Gasteiger charge is -2.13. The maximum atomic E-state index is 12.3. The minimum Gasteiger partial charge on any atom is -0.398 e. The quantitative estimate of drug-likeness (QED) is 0.512. The van der Waals surface area contributed by atoms with Crippen LogP contribution in [0.15, 0.2) is 52.8 Å². The molecule has 0 bridgehead atoms. The van der Waals surface area contributed by atoms with Gasteiger partial charge in [0.05, 0.1) is 5.71 Å². The van der Waals surface area contributed by atoms with E-state index in [1.807, 2.05) is 25.1 Å². The van der Waals surface area contributed by atoms with E-state index in [1.165, 1.54) is 37.5 Å². The minimum atomic E-state index is -0.312. The number of aryl methyl sites for hydroxylation is 1. The van der Waals surface area contributed by atoms with Crippen molar-refractivity contribution in [3.05, 3.63) is 70.3 Å². The van der Waals surface area contributed by atoms with Gasteiger partial charge in [-0.2, -0.15) is 0 Å². The molecule has 1 amide bonds. The predicted molar refractivity (Wildman–Crippen MR) is 121 cm³/mol. The van der Waals surface area contributed by atoms with Gasteiger partial charge in [0.1, 0.15) is 13.7 Å². The number of nitrogens with one attached hydrogen (secondary N) is 1. The summed E-state index contributed by atoms with van der Waals surface area (Å²) in [6.45, 7) is 2.24. The van der Waals surface area contributed by atoms with Crippen LogP contribution in [0.4, 0.5) is 0 Å². The third kappa shape index (κ3) is 4.63. The van der Waals surface area contributed by atoms with Crippen LogP contribution < -0.4 is 5.32 Å². The average molecular weight is 420 g/mol. The van der Waals surface area contributed by atoms with E-state index in [1.54, 1.807) is 7.05 Å². The molecule has 0 heterocycles. The van der Waals surface area contributed by atoms with Gasteiger partial charge in [0.2, 0.25) is 0 Å². The fraction of sp³-hybridized carbons (Fsp3) is 0.400. The molecule has 0 radical (unpaired) electrons. The predicted octanol–water partition coefficient (Wildman–Crippen LogP) is 4.30. The Labute approximate surface area is 183 Å². The molecule has 2 aliphatic carbocycles. The second-order valence-corrected chi connectivity index (χ2v) is 8.28. The van der Waals surface area contributed by atoms with Gasteiger partial charge in [-0.15, -0.1) is 0 Å². The number of carbonyl (C=O) groups excluding carboxylic acids is 1. The summed E-state index contributed by atoms with van der Waals surface area (Å²) in [5, 5.41) is 11.1. The molecule has 4 rings (SSSR count). The number of hydrogen-bond acceptors (Lipinski definition) is 5. The van der Waals surface area contributed by atoms with Crippen LogP contribution in [0.3, 0.4) is 0 Å². The van der Waals surface area contributed by atoms with Crippen LogP contribution in [-0.4, -0.2) is 31.5 Å². The molecule has 6 nitrogen and oxygen atoms in total. The molecular weight excluding hydrogens is 390 g/mol. The molecule has 0 spiro atoms. The van der Waals surface area contributed by atoms with Gasteiger partial charge in [-0.3, -0.25) is 4.79 Å². The van der Waals surface area contributed by atoms with Crippen molar-refractivity contribution in [1.82, 2.24) is 5.32 Å². The third-order valence-corrected chi connectivity index (χ3v) is 6.14. The van der Waals surface area contributed by atoms with Gasteiger partial charge >= 0.3 is 0 Å². The lowest BCUT2D eigenvalue weighted by atomic mass is 9.95. The van der Waals surface area contributed by atoms with Crippen LogP contribution >= 0.6 is 0 Å². The van der Waals surface area contributed by atoms with Crippen LogP contribution in [0.25, 0.3) is 0 Å². The molecule has 1 N–H and O–H groups in total. The van der Waals surface area contributed by atoms with E-state index < -0.39 is 0 Å². The molecule has 6 heteroatoms. The zero-order valence-corrected chi connectivity index (χ0v) is 18.4. The lowest BCUT2D eigenvalue weighted by molar-refractivity contribution is -0.114. The van der Waals surface area contributed by atoms with Crippen molar-refractivity contribution < 1.29 is 14.5 Å². The Kier molecular flexibility index (Phi) is 6.35. The van der Waals surface area contributed by atoms with Crippen molar-refractivity contribution in [2.45, 2.75) is 45.1 Å². The van der Waals surface area contributed by atoms with Gasteiger partial charge in [0, 0.05) is 30.2 Å². The number of oxime groups is 2. The maximum Gasteiger partial charge on any atom is 0.273 e. The number of carbonyl (C=O) groups is 1. The molecular formula is C25H29N3O3. The third-order valence-electron chi connectivity index (χ3n) is 6.14. The average Bonchev–Trinajstić information content (AvgIpc) is 3.54. The monoisotopic (exact) mass is 419 g/mol. The molecule has 2 aliphatic rings. The Morgan fingerprint density at radius 2 is 1.97 bits per heavy atom. The topological polar surface area (TPSA) is 72.3 Å². The second-order valence-electron chi connectivity index (χ2n) is 8.28. The van der Waals surface area contributed by atoms with Crippen molar-refractivity contribution in [2.75, 3.05) is 14.2 Å². The SMILES string of the molecule is CNC(=O)/C(=N/OC)c1cccc(C)c1CO/N=C1\CC(CC2CC2)c2ccccc21. The zero-order valence-electron chi connectivity index (χ0n) is 18.4. The first-order valence-electron chi connectivity index (χ1n) is 10.8. The molecule has 0 aromatic heterocycles. The van der Waals surface area contributed by atoms with E-state index in [0.29, 0.717) is 11.5 Å². The molecule has 1 unspecified atom stereocenters. The van der Waals surface area contributed by atoms with Crippen LogP contribution in [-0.2, 0) is 21.1 Å². The van der Waals surface area contributed by atoms with Crippen LogP contribution in [0.1, 0.15) is 59.4 Å². The van der Waals surface area contributed by atoms with Gasteiger partial charge < -0.3 is 15.0 Å². The first-order valence-corrected chi connectivity index (χ1v) is 10.8. The van der Waals surface area contributed by atoms with Crippen LogP contribution in [0.2, 0.25) is 0 Å². The highest BCUT2D eigenvalue weighted by atomic mass is 16.6. The van der Waals surface area contributed by atoms with E-state index in [4.69, 9.17) is 9.68 Å². The molecule has 1 fully saturated rings. The summed E-state index contributed by atoms with van der Waals surface area (Å²) < 4.78 is 0. The second kappa shape index (κ2) is 9.33. The number of benzene rings is 2. The van der Waals surface area contributed by atoms with Crippen molar-refractivity contribution >= 4 is 17.3 Å². The van der Waals surface area contributed by atoms with Gasteiger partial charge in [-0.25, -0.2) is 0 Å². The summed E-state index contributed by atoms with van der Waals surface area (Å²) in [6, 6.07) is 14.3. The van der Waals surface area contributed by atoms with E-state index in [-0.39, 0.29) is 18.2 Å². The van der Waals surface area contributed by atoms with Gasteiger partial charge in [-0.1, -0.05) is 65.6 Å². The largest absolute Gasteiger partial charge is 0.398 e. The minimum absolute atomic E-state index is 0.218. The number of fused-ring (bicyclic) bond motifs is 1. The Hall–Kier alpha value is -3.15. The normalized spacial score (nSPS) is 19.3. The number of rotatable bonds is 8. The standard InChI is InChI=1S/C25H29N3O3/c1-16-7-6-10-21(24(28-30-3)25(29)26-2)22(16)15-31-27-23-14-18(13-17-11-12-17)19-8-4-5-9-20(19)23/h4-10,17-18H,11-15H2,1-3H3,(H,26,29)/b27-23+,28-24+. The summed E-state index contributed by atoms with van der Waals surface area (Å²) in [4.78, 5) is 23.1. The highest BCUT2D eigenvalue weighted by Gasteiger charge is 2.33. The fourth-order valence-electron chi connectivity index (χ4n) is 4.33. The number of nitrogens with zero attached hydrogens (tertiary/aromatic N) is 2. The Balaban J connectivity index is 1.55. The van der Waals surface area contributed by atoms with E-state index in [2.05, 4.69) is 39.9 Å². The van der Waals surface area contributed by atoms with Crippen molar-refractivity contribution in [3.63, 3.8) is 0 Å². The molecule has 1 atom stereocenters. The van der Waals surface area contributed by atoms with Gasteiger partial charge in [0.25, 0.3) is 5.91 Å². The number of hydrogen-bond donors (Lipinski definition) is 1. The van der Waals surface area contributed by atoms with Crippen LogP contribution in [0.5, 0.6) is 0 Å². The summed E-state index contributed by atoms with van der Waals surface area (Å²) in [5.41, 5.74) is 6.37. The highest BCUT2D eigenvalue weighted by molar-refractivity contribution is 6.45. The molecule has 2 aromatic rings. The van der Waals surface area contributed by atoms with E-state index in [9.17, 15) is 4.79 Å². The van der Waals surface area contributed by atoms with Crippen LogP contribution in [0, 0.1) is 12.8 Å². The fourth-order valence-corrected chi connectivity index (χ4v) is 4.33. The van der Waals surface area contributed by atoms with E-state index in [0.717, 1.165) is 29.2 Å².